The minimum absolute atomic E-state index is 0.0649. The van der Waals surface area contributed by atoms with Crippen LogP contribution in [0.25, 0.3) is 0 Å². The zero-order chi connectivity index (χ0) is 14.7. The molecule has 0 saturated heterocycles. The zero-order valence-electron chi connectivity index (χ0n) is 10.1. The van der Waals surface area contributed by atoms with E-state index in [9.17, 15) is 4.79 Å². The van der Waals surface area contributed by atoms with Crippen molar-refractivity contribution < 1.29 is 9.90 Å². The summed E-state index contributed by atoms with van der Waals surface area (Å²) in [5.41, 5.74) is 11.2. The predicted octanol–water partition coefficient (Wildman–Crippen LogP) is 1.79. The number of carbonyl (C=O) groups is 1. The van der Waals surface area contributed by atoms with Gasteiger partial charge in [-0.15, -0.1) is 11.8 Å². The van der Waals surface area contributed by atoms with Gasteiger partial charge >= 0.3 is 5.97 Å². The Morgan fingerprint density at radius 1 is 1.25 bits per heavy atom. The number of carboxylic acids is 1. The lowest BCUT2D eigenvalue weighted by Gasteiger charge is -2.05. The molecule has 0 aliphatic rings. The van der Waals surface area contributed by atoms with Crippen molar-refractivity contribution in [1.82, 2.24) is 15.0 Å². The lowest BCUT2D eigenvalue weighted by molar-refractivity contribution is 0.0695. The van der Waals surface area contributed by atoms with Gasteiger partial charge in [-0.1, -0.05) is 0 Å². The molecule has 2 rings (SSSR count). The van der Waals surface area contributed by atoms with Gasteiger partial charge in [0.15, 0.2) is 0 Å². The summed E-state index contributed by atoms with van der Waals surface area (Å²) in [4.78, 5) is 23.4. The number of aromatic carboxylic acids is 1. The molecular formula is C11H10BrN5O2S. The molecule has 0 radical (unpaired) electrons. The number of hydrogen-bond donors (Lipinski definition) is 3. The third-order valence-corrected chi connectivity index (χ3v) is 3.93. The topological polar surface area (TPSA) is 128 Å². The van der Waals surface area contributed by atoms with Crippen molar-refractivity contribution in [1.29, 1.82) is 0 Å². The van der Waals surface area contributed by atoms with Gasteiger partial charge in [-0.3, -0.25) is 0 Å². The van der Waals surface area contributed by atoms with Crippen molar-refractivity contribution in [3.8, 4) is 0 Å². The van der Waals surface area contributed by atoms with Gasteiger partial charge in [0.25, 0.3) is 0 Å². The number of anilines is 2. The number of halogens is 1. The fourth-order valence-electron chi connectivity index (χ4n) is 1.43. The number of hydrogen-bond acceptors (Lipinski definition) is 7. The molecule has 2 aromatic rings. The van der Waals surface area contributed by atoms with E-state index in [1.807, 2.05) is 0 Å². The van der Waals surface area contributed by atoms with Crippen LogP contribution in [0.3, 0.4) is 0 Å². The van der Waals surface area contributed by atoms with Gasteiger partial charge in [-0.25, -0.2) is 4.79 Å². The standard InChI is InChI=1S/C11H10BrN5O2S/c12-7-2-1-5(3-6(7)9(18)19)20-4-8-15-10(13)17-11(14)16-8/h1-3H,4H2,(H,18,19)(H4,13,14,15,16,17). The fraction of sp³-hybridized carbons (Fsp3) is 0.0909. The van der Waals surface area contributed by atoms with E-state index in [4.69, 9.17) is 16.6 Å². The zero-order valence-corrected chi connectivity index (χ0v) is 12.5. The summed E-state index contributed by atoms with van der Waals surface area (Å²) in [6.07, 6.45) is 0. The number of benzene rings is 1. The van der Waals surface area contributed by atoms with E-state index < -0.39 is 5.97 Å². The molecule has 1 aromatic carbocycles. The number of nitrogens with two attached hydrogens (primary N) is 2. The van der Waals surface area contributed by atoms with E-state index in [0.717, 1.165) is 4.90 Å². The van der Waals surface area contributed by atoms with Crippen LogP contribution in [0.15, 0.2) is 27.6 Å². The molecule has 104 valence electrons. The minimum atomic E-state index is -0.993. The lowest BCUT2D eigenvalue weighted by atomic mass is 10.2. The van der Waals surface area contributed by atoms with Crippen molar-refractivity contribution in [2.24, 2.45) is 0 Å². The van der Waals surface area contributed by atoms with Crippen LogP contribution in [-0.2, 0) is 5.75 Å². The second-order valence-corrected chi connectivity index (χ2v) is 5.61. The fourth-order valence-corrected chi connectivity index (χ4v) is 2.63. The molecule has 0 atom stereocenters. The maximum absolute atomic E-state index is 11.0. The molecule has 0 aliphatic heterocycles. The summed E-state index contributed by atoms with van der Waals surface area (Å²) in [7, 11) is 0. The third-order valence-electron chi connectivity index (χ3n) is 2.25. The van der Waals surface area contributed by atoms with Crippen LogP contribution >= 0.6 is 27.7 Å². The van der Waals surface area contributed by atoms with Crippen LogP contribution < -0.4 is 11.5 Å². The lowest BCUT2D eigenvalue weighted by Crippen LogP contribution is -2.06. The summed E-state index contributed by atoms with van der Waals surface area (Å²) in [5.74, 6) is -0.00419. The summed E-state index contributed by atoms with van der Waals surface area (Å²) < 4.78 is 0.531. The summed E-state index contributed by atoms with van der Waals surface area (Å²) in [5, 5.41) is 9.04. The Balaban J connectivity index is 2.14. The molecule has 0 fully saturated rings. The van der Waals surface area contributed by atoms with Gasteiger partial charge < -0.3 is 16.6 Å². The molecule has 0 spiro atoms. The first kappa shape index (κ1) is 14.5. The Morgan fingerprint density at radius 2 is 1.90 bits per heavy atom. The molecule has 1 aromatic heterocycles. The SMILES string of the molecule is Nc1nc(N)nc(CSc2ccc(Br)c(C(=O)O)c2)n1. The number of thioether (sulfide) groups is 1. The van der Waals surface area contributed by atoms with E-state index in [-0.39, 0.29) is 17.5 Å². The van der Waals surface area contributed by atoms with E-state index in [0.29, 0.717) is 16.0 Å². The Morgan fingerprint density at radius 3 is 2.50 bits per heavy atom. The van der Waals surface area contributed by atoms with Crippen LogP contribution in [-0.4, -0.2) is 26.0 Å². The quantitative estimate of drug-likeness (QED) is 0.708. The smallest absolute Gasteiger partial charge is 0.336 e. The highest BCUT2D eigenvalue weighted by Gasteiger charge is 2.10. The maximum atomic E-state index is 11.0. The first-order valence-corrected chi connectivity index (χ1v) is 7.15. The summed E-state index contributed by atoms with van der Waals surface area (Å²) in [6, 6.07) is 5.06. The first-order chi connectivity index (χ1) is 9.45. The van der Waals surface area contributed by atoms with Crippen molar-refractivity contribution >= 4 is 45.6 Å². The van der Waals surface area contributed by atoms with Crippen LogP contribution in [0.5, 0.6) is 0 Å². The average Bonchev–Trinajstić information content (AvgIpc) is 2.36. The Kier molecular flexibility index (Phi) is 4.40. The second kappa shape index (κ2) is 6.06. The van der Waals surface area contributed by atoms with Crippen LogP contribution in [0, 0.1) is 0 Å². The van der Waals surface area contributed by atoms with Crippen LogP contribution in [0.1, 0.15) is 16.2 Å². The minimum Gasteiger partial charge on any atom is -0.478 e. The number of aromatic nitrogens is 3. The Bertz CT molecular complexity index is 647. The van der Waals surface area contributed by atoms with Gasteiger partial charge in [0.1, 0.15) is 5.82 Å². The third kappa shape index (κ3) is 3.58. The molecule has 9 heteroatoms. The van der Waals surface area contributed by atoms with Crippen molar-refractivity contribution in [2.45, 2.75) is 10.6 Å². The molecule has 0 amide bonds. The monoisotopic (exact) mass is 355 g/mol. The van der Waals surface area contributed by atoms with Crippen LogP contribution in [0.2, 0.25) is 0 Å². The molecule has 0 bridgehead atoms. The van der Waals surface area contributed by atoms with Gasteiger partial charge in [0, 0.05) is 9.37 Å². The number of nitrogens with zero attached hydrogens (tertiary/aromatic N) is 3. The summed E-state index contributed by atoms with van der Waals surface area (Å²) >= 11 is 4.57. The van der Waals surface area contributed by atoms with E-state index >= 15 is 0 Å². The van der Waals surface area contributed by atoms with Crippen molar-refractivity contribution in [3.05, 3.63) is 34.1 Å². The van der Waals surface area contributed by atoms with Gasteiger partial charge in [-0.05, 0) is 34.1 Å². The number of nitrogen functional groups attached to an aromatic ring is 2. The normalized spacial score (nSPS) is 10.4. The molecule has 0 unspecified atom stereocenters. The molecule has 20 heavy (non-hydrogen) atoms. The number of carboxylic acid groups (broad SMARTS) is 1. The van der Waals surface area contributed by atoms with Gasteiger partial charge in [0.2, 0.25) is 11.9 Å². The molecule has 0 aliphatic carbocycles. The second-order valence-electron chi connectivity index (χ2n) is 3.70. The van der Waals surface area contributed by atoms with E-state index in [1.165, 1.54) is 11.8 Å². The molecule has 5 N–H and O–H groups in total. The highest BCUT2D eigenvalue weighted by atomic mass is 79.9. The summed E-state index contributed by atoms with van der Waals surface area (Å²) in [6.45, 7) is 0. The number of rotatable bonds is 4. The first-order valence-electron chi connectivity index (χ1n) is 5.37. The van der Waals surface area contributed by atoms with Crippen LogP contribution in [0.4, 0.5) is 11.9 Å². The molecule has 0 saturated carbocycles. The van der Waals surface area contributed by atoms with Gasteiger partial charge in [0.05, 0.1) is 11.3 Å². The molecular weight excluding hydrogens is 346 g/mol. The highest BCUT2D eigenvalue weighted by Crippen LogP contribution is 2.26. The van der Waals surface area contributed by atoms with Crippen molar-refractivity contribution in [2.75, 3.05) is 11.5 Å². The maximum Gasteiger partial charge on any atom is 0.336 e. The molecule has 7 nitrogen and oxygen atoms in total. The Hall–Kier alpha value is -1.87. The van der Waals surface area contributed by atoms with E-state index in [1.54, 1.807) is 18.2 Å². The highest BCUT2D eigenvalue weighted by molar-refractivity contribution is 9.10. The average molecular weight is 356 g/mol. The Labute approximate surface area is 127 Å². The van der Waals surface area contributed by atoms with E-state index in [2.05, 4.69) is 30.9 Å². The molecule has 1 heterocycles. The van der Waals surface area contributed by atoms with Gasteiger partial charge in [-0.2, -0.15) is 15.0 Å². The predicted molar refractivity (Wildman–Crippen MR) is 79.3 cm³/mol. The largest absolute Gasteiger partial charge is 0.478 e. The van der Waals surface area contributed by atoms with Crippen molar-refractivity contribution in [3.63, 3.8) is 0 Å².